The molecule has 94 valence electrons. The summed E-state index contributed by atoms with van der Waals surface area (Å²) in [5, 5.41) is 11.2. The van der Waals surface area contributed by atoms with Crippen LogP contribution in [-0.4, -0.2) is 16.3 Å². The van der Waals surface area contributed by atoms with Gasteiger partial charge in [-0.15, -0.1) is 0 Å². The van der Waals surface area contributed by atoms with Gasteiger partial charge in [0.15, 0.2) is 0 Å². The van der Waals surface area contributed by atoms with Gasteiger partial charge in [0.25, 0.3) is 11.7 Å². The first kappa shape index (κ1) is 12.6. The monoisotopic (exact) mass is 253 g/mol. The molecule has 1 aromatic heterocycles. The average molecular weight is 253 g/mol. The van der Waals surface area contributed by atoms with Gasteiger partial charge in [-0.3, -0.25) is 9.59 Å². The second kappa shape index (κ2) is 5.19. The van der Waals surface area contributed by atoms with Gasteiger partial charge in [0.1, 0.15) is 0 Å². The molecule has 0 atom stereocenters. The van der Waals surface area contributed by atoms with Gasteiger partial charge in [-0.1, -0.05) is 0 Å². The third-order valence-electron chi connectivity index (χ3n) is 2.65. The van der Waals surface area contributed by atoms with Crippen LogP contribution in [0.3, 0.4) is 0 Å². The van der Waals surface area contributed by atoms with E-state index < -0.39 is 11.7 Å². The second-order valence-corrected chi connectivity index (χ2v) is 3.98. The van der Waals surface area contributed by atoms with Crippen LogP contribution < -0.4 is 5.32 Å². The molecular weight excluding hydrogens is 242 g/mol. The largest absolute Gasteiger partial charge is 0.348 e. The van der Waals surface area contributed by atoms with Crippen molar-refractivity contribution in [2.75, 3.05) is 5.32 Å². The molecule has 0 spiro atoms. The molecule has 0 unspecified atom stereocenters. The van der Waals surface area contributed by atoms with E-state index in [1.165, 1.54) is 0 Å². The first-order valence-electron chi connectivity index (χ1n) is 5.59. The predicted octanol–water partition coefficient (Wildman–Crippen LogP) is 1.72. The summed E-state index contributed by atoms with van der Waals surface area (Å²) in [7, 11) is 1.70. The van der Waals surface area contributed by atoms with Crippen LogP contribution in [0.15, 0.2) is 42.6 Å². The maximum atomic E-state index is 11.9. The maximum Gasteiger partial charge on any atom is 0.298 e. The lowest BCUT2D eigenvalue weighted by molar-refractivity contribution is -0.112. The summed E-state index contributed by atoms with van der Waals surface area (Å²) < 4.78 is 1.58. The highest BCUT2D eigenvalue weighted by molar-refractivity contribution is 6.46. The fourth-order valence-electron chi connectivity index (χ4n) is 1.63. The fourth-order valence-corrected chi connectivity index (χ4v) is 1.63. The summed E-state index contributed by atoms with van der Waals surface area (Å²) in [6, 6.07) is 11.6. The van der Waals surface area contributed by atoms with E-state index in [-0.39, 0.29) is 0 Å². The van der Waals surface area contributed by atoms with Gasteiger partial charge in [0.05, 0.1) is 17.3 Å². The lowest BCUT2D eigenvalue weighted by Crippen LogP contribution is -2.24. The Hall–Kier alpha value is -2.87. The number of anilines is 1. The number of nitrogens with one attached hydrogen (secondary N) is 1. The van der Waals surface area contributed by atoms with Gasteiger partial charge in [-0.25, -0.2) is 0 Å². The van der Waals surface area contributed by atoms with Crippen LogP contribution in [0.5, 0.6) is 0 Å². The molecule has 0 aliphatic carbocycles. The van der Waals surface area contributed by atoms with E-state index in [2.05, 4.69) is 5.32 Å². The fraction of sp³-hybridized carbons (Fsp3) is 0.0714. The number of aryl methyl sites for hydroxylation is 1. The van der Waals surface area contributed by atoms with Crippen LogP contribution in [-0.2, 0) is 11.8 Å². The van der Waals surface area contributed by atoms with Crippen LogP contribution in [0.4, 0.5) is 5.69 Å². The number of nitriles is 1. The Morgan fingerprint density at radius 2 is 1.89 bits per heavy atom. The average Bonchev–Trinajstić information content (AvgIpc) is 2.85. The van der Waals surface area contributed by atoms with E-state index in [0.717, 1.165) is 0 Å². The van der Waals surface area contributed by atoms with Crippen LogP contribution in [0, 0.1) is 11.3 Å². The Morgan fingerprint density at radius 3 is 2.42 bits per heavy atom. The van der Waals surface area contributed by atoms with Gasteiger partial charge < -0.3 is 9.88 Å². The molecule has 0 fully saturated rings. The predicted molar refractivity (Wildman–Crippen MR) is 69.5 cm³/mol. The first-order valence-corrected chi connectivity index (χ1v) is 5.59. The minimum atomic E-state index is -0.702. The zero-order valence-electron chi connectivity index (χ0n) is 10.3. The quantitative estimate of drug-likeness (QED) is 0.668. The lowest BCUT2D eigenvalue weighted by Gasteiger charge is -2.05. The van der Waals surface area contributed by atoms with Crippen molar-refractivity contribution in [3.63, 3.8) is 0 Å². The minimum Gasteiger partial charge on any atom is -0.348 e. The van der Waals surface area contributed by atoms with Gasteiger partial charge in [0.2, 0.25) is 0 Å². The Kier molecular flexibility index (Phi) is 3.44. The smallest absolute Gasteiger partial charge is 0.298 e. The summed E-state index contributed by atoms with van der Waals surface area (Å²) in [6.45, 7) is 0. The number of ketones is 1. The molecule has 0 radical (unpaired) electrons. The SMILES string of the molecule is Cn1cccc1C(=O)C(=O)Nc1ccc(C#N)cc1. The highest BCUT2D eigenvalue weighted by atomic mass is 16.2. The van der Waals surface area contributed by atoms with Crippen molar-refractivity contribution in [1.82, 2.24) is 4.57 Å². The van der Waals surface area contributed by atoms with E-state index in [0.29, 0.717) is 16.9 Å². The number of hydrogen-bond donors (Lipinski definition) is 1. The summed E-state index contributed by atoms with van der Waals surface area (Å²) in [4.78, 5) is 23.6. The number of carbonyl (C=O) groups excluding carboxylic acids is 2. The van der Waals surface area contributed by atoms with Gasteiger partial charge >= 0.3 is 0 Å². The highest BCUT2D eigenvalue weighted by Crippen LogP contribution is 2.10. The van der Waals surface area contributed by atoms with Gasteiger partial charge in [-0.05, 0) is 36.4 Å². The molecular formula is C14H11N3O2. The van der Waals surface area contributed by atoms with Crippen LogP contribution >= 0.6 is 0 Å². The summed E-state index contributed by atoms with van der Waals surface area (Å²) in [5.41, 5.74) is 1.30. The molecule has 2 rings (SSSR count). The van der Waals surface area contributed by atoms with E-state index in [1.54, 1.807) is 54.2 Å². The van der Waals surface area contributed by atoms with Crippen LogP contribution in [0.1, 0.15) is 16.1 Å². The van der Waals surface area contributed by atoms with E-state index in [1.807, 2.05) is 6.07 Å². The molecule has 0 aliphatic heterocycles. The van der Waals surface area contributed by atoms with Crippen LogP contribution in [0.2, 0.25) is 0 Å². The summed E-state index contributed by atoms with van der Waals surface area (Å²) in [6.07, 6.45) is 1.70. The Balaban J connectivity index is 2.11. The van der Waals surface area contributed by atoms with Crippen molar-refractivity contribution in [1.29, 1.82) is 5.26 Å². The van der Waals surface area contributed by atoms with Crippen molar-refractivity contribution >= 4 is 17.4 Å². The highest BCUT2D eigenvalue weighted by Gasteiger charge is 2.18. The molecule has 2 aromatic rings. The molecule has 1 N–H and O–H groups in total. The van der Waals surface area contributed by atoms with Crippen molar-refractivity contribution in [3.05, 3.63) is 53.9 Å². The Morgan fingerprint density at radius 1 is 1.21 bits per heavy atom. The van der Waals surface area contributed by atoms with Gasteiger partial charge in [-0.2, -0.15) is 5.26 Å². The molecule has 19 heavy (non-hydrogen) atoms. The number of carbonyl (C=O) groups is 2. The molecule has 0 aliphatic rings. The van der Waals surface area contributed by atoms with Crippen molar-refractivity contribution < 1.29 is 9.59 Å². The molecule has 0 saturated heterocycles. The van der Waals surface area contributed by atoms with Crippen molar-refractivity contribution in [2.45, 2.75) is 0 Å². The number of benzene rings is 1. The number of aromatic nitrogens is 1. The topological polar surface area (TPSA) is 74.9 Å². The summed E-state index contributed by atoms with van der Waals surface area (Å²) in [5.74, 6) is -1.30. The van der Waals surface area contributed by atoms with E-state index >= 15 is 0 Å². The molecule has 0 bridgehead atoms. The Bertz CT molecular complexity index is 663. The zero-order chi connectivity index (χ0) is 13.8. The van der Waals surface area contributed by atoms with Crippen LogP contribution in [0.25, 0.3) is 0 Å². The molecule has 5 heteroatoms. The Labute approximate surface area is 110 Å². The number of Topliss-reactive ketones (excluding diaryl/α,β-unsaturated/α-hetero) is 1. The second-order valence-electron chi connectivity index (χ2n) is 3.98. The van der Waals surface area contributed by atoms with Gasteiger partial charge in [0, 0.05) is 18.9 Å². The van der Waals surface area contributed by atoms with E-state index in [4.69, 9.17) is 5.26 Å². The number of amides is 1. The molecule has 5 nitrogen and oxygen atoms in total. The standard InChI is InChI=1S/C14H11N3O2/c1-17-8-2-3-12(17)13(18)14(19)16-11-6-4-10(9-15)5-7-11/h2-8H,1H3,(H,16,19). The minimum absolute atomic E-state index is 0.325. The van der Waals surface area contributed by atoms with E-state index in [9.17, 15) is 9.59 Å². The summed E-state index contributed by atoms with van der Waals surface area (Å²) >= 11 is 0. The van der Waals surface area contributed by atoms with Crippen molar-refractivity contribution in [2.24, 2.45) is 7.05 Å². The number of hydrogen-bond acceptors (Lipinski definition) is 3. The number of nitrogens with zero attached hydrogens (tertiary/aromatic N) is 2. The molecule has 1 heterocycles. The molecule has 1 aromatic carbocycles. The first-order chi connectivity index (χ1) is 9.11. The zero-order valence-corrected chi connectivity index (χ0v) is 10.3. The third kappa shape index (κ3) is 2.69. The molecule has 0 saturated carbocycles. The molecule has 1 amide bonds. The normalized spacial score (nSPS) is 9.68. The maximum absolute atomic E-state index is 11.9. The lowest BCUT2D eigenvalue weighted by atomic mass is 10.2. The number of rotatable bonds is 3. The third-order valence-corrected chi connectivity index (χ3v) is 2.65. The van der Waals surface area contributed by atoms with Crippen molar-refractivity contribution in [3.8, 4) is 6.07 Å².